The summed E-state index contributed by atoms with van der Waals surface area (Å²) in [5, 5.41) is 9.38. The van der Waals surface area contributed by atoms with Crippen LogP contribution in [-0.2, 0) is 0 Å². The Balaban J connectivity index is 2.93. The molecule has 0 bridgehead atoms. The van der Waals surface area contributed by atoms with Crippen LogP contribution < -0.4 is 5.73 Å². The van der Waals surface area contributed by atoms with E-state index in [4.69, 9.17) is 5.73 Å². The van der Waals surface area contributed by atoms with E-state index in [-0.39, 0.29) is 6.54 Å². The van der Waals surface area contributed by atoms with Crippen molar-refractivity contribution in [1.29, 1.82) is 0 Å². The Kier molecular flexibility index (Phi) is 3.29. The predicted molar refractivity (Wildman–Crippen MR) is 53.2 cm³/mol. The number of benzene rings is 1. The Morgan fingerprint density at radius 1 is 1.45 bits per heavy atom. The molecule has 11 heavy (non-hydrogen) atoms. The van der Waals surface area contributed by atoms with Gasteiger partial charge in [-0.25, -0.2) is 0 Å². The van der Waals surface area contributed by atoms with Crippen molar-refractivity contribution in [3.63, 3.8) is 0 Å². The average Bonchev–Trinajstić information content (AvgIpc) is 2.04. The Hall–Kier alpha value is -0.130. The van der Waals surface area contributed by atoms with E-state index in [0.717, 1.165) is 9.13 Å². The van der Waals surface area contributed by atoms with Crippen molar-refractivity contribution in [2.24, 2.45) is 5.73 Å². The van der Waals surface area contributed by atoms with Crippen LogP contribution in [-0.4, -0.2) is 11.7 Å². The van der Waals surface area contributed by atoms with Crippen LogP contribution >= 0.6 is 22.6 Å². The first-order valence-electron chi connectivity index (χ1n) is 3.38. The van der Waals surface area contributed by atoms with Gasteiger partial charge >= 0.3 is 0 Å². The lowest BCUT2D eigenvalue weighted by Crippen LogP contribution is -2.12. The van der Waals surface area contributed by atoms with Gasteiger partial charge in [0.2, 0.25) is 0 Å². The molecule has 0 saturated carbocycles. The molecule has 1 rings (SSSR count). The Labute approximate surface area is 79.6 Å². The first kappa shape index (κ1) is 8.96. The molecule has 0 aromatic heterocycles. The van der Waals surface area contributed by atoms with Crippen LogP contribution in [0.4, 0.5) is 0 Å². The van der Waals surface area contributed by atoms with Crippen LogP contribution in [0.3, 0.4) is 0 Å². The fourth-order valence-corrected chi connectivity index (χ4v) is 1.62. The molecule has 3 N–H and O–H groups in total. The molecule has 3 heteroatoms. The number of rotatable bonds is 2. The van der Waals surface area contributed by atoms with E-state index in [0.29, 0.717) is 0 Å². The maximum atomic E-state index is 9.38. The summed E-state index contributed by atoms with van der Waals surface area (Å²) in [5.74, 6) is 0. The summed E-state index contributed by atoms with van der Waals surface area (Å²) in [6.07, 6.45) is -0.525. The number of halogens is 1. The second-order valence-electron chi connectivity index (χ2n) is 2.27. The smallest absolute Gasteiger partial charge is 0.0922 e. The van der Waals surface area contributed by atoms with Crippen LogP contribution in [0.1, 0.15) is 11.7 Å². The monoisotopic (exact) mass is 263 g/mol. The van der Waals surface area contributed by atoms with E-state index in [1.54, 1.807) is 0 Å². The van der Waals surface area contributed by atoms with E-state index in [2.05, 4.69) is 22.6 Å². The van der Waals surface area contributed by atoms with Crippen molar-refractivity contribution in [2.45, 2.75) is 6.10 Å². The Morgan fingerprint density at radius 3 is 2.64 bits per heavy atom. The van der Waals surface area contributed by atoms with Crippen molar-refractivity contribution >= 4 is 22.6 Å². The first-order valence-corrected chi connectivity index (χ1v) is 4.46. The van der Waals surface area contributed by atoms with E-state index in [1.807, 2.05) is 24.3 Å². The molecular weight excluding hydrogens is 253 g/mol. The second kappa shape index (κ2) is 4.04. The third-order valence-electron chi connectivity index (χ3n) is 1.49. The molecule has 0 radical (unpaired) electrons. The maximum Gasteiger partial charge on any atom is 0.0922 e. The highest BCUT2D eigenvalue weighted by Gasteiger charge is 2.06. The summed E-state index contributed by atoms with van der Waals surface area (Å²) in [5.41, 5.74) is 6.23. The van der Waals surface area contributed by atoms with Crippen LogP contribution in [0.25, 0.3) is 0 Å². The fourth-order valence-electron chi connectivity index (χ4n) is 0.872. The van der Waals surface area contributed by atoms with Crippen LogP contribution in [0.2, 0.25) is 0 Å². The van der Waals surface area contributed by atoms with Gasteiger partial charge in [-0.2, -0.15) is 0 Å². The molecule has 0 unspecified atom stereocenters. The topological polar surface area (TPSA) is 46.2 Å². The molecule has 0 fully saturated rings. The van der Waals surface area contributed by atoms with Gasteiger partial charge in [0.15, 0.2) is 0 Å². The van der Waals surface area contributed by atoms with E-state index < -0.39 is 6.10 Å². The largest absolute Gasteiger partial charge is 0.387 e. The van der Waals surface area contributed by atoms with Crippen LogP contribution in [0.5, 0.6) is 0 Å². The van der Waals surface area contributed by atoms with Gasteiger partial charge in [0.05, 0.1) is 6.10 Å². The summed E-state index contributed by atoms with van der Waals surface area (Å²) in [6.45, 7) is 0.278. The van der Waals surface area contributed by atoms with Crippen molar-refractivity contribution in [3.05, 3.63) is 33.4 Å². The minimum absolute atomic E-state index is 0.278. The third kappa shape index (κ3) is 2.15. The summed E-state index contributed by atoms with van der Waals surface area (Å²) >= 11 is 2.18. The number of hydrogen-bond donors (Lipinski definition) is 2. The summed E-state index contributed by atoms with van der Waals surface area (Å²) < 4.78 is 1.06. The lowest BCUT2D eigenvalue weighted by atomic mass is 10.1. The normalized spacial score (nSPS) is 13.0. The SMILES string of the molecule is NC[C@H](O)c1ccccc1I. The first-order chi connectivity index (χ1) is 5.25. The highest BCUT2D eigenvalue weighted by atomic mass is 127. The highest BCUT2D eigenvalue weighted by Crippen LogP contribution is 2.18. The molecule has 1 atom stereocenters. The molecule has 1 aromatic rings. The summed E-state index contributed by atoms with van der Waals surface area (Å²) in [7, 11) is 0. The van der Waals surface area contributed by atoms with Gasteiger partial charge in [-0.05, 0) is 34.2 Å². The molecule has 0 aliphatic rings. The molecule has 0 amide bonds. The summed E-state index contributed by atoms with van der Waals surface area (Å²) in [6, 6.07) is 7.68. The number of aliphatic hydroxyl groups excluding tert-OH is 1. The minimum atomic E-state index is -0.525. The lowest BCUT2D eigenvalue weighted by Gasteiger charge is -2.09. The standard InChI is InChI=1S/C8H10INO/c9-7-4-2-1-3-6(7)8(11)5-10/h1-4,8,11H,5,10H2/t8-/m0/s1. The average molecular weight is 263 g/mol. The molecule has 2 nitrogen and oxygen atoms in total. The van der Waals surface area contributed by atoms with Crippen molar-refractivity contribution < 1.29 is 5.11 Å². The predicted octanol–water partition coefficient (Wildman–Crippen LogP) is 1.28. The molecule has 0 aliphatic carbocycles. The number of hydrogen-bond acceptors (Lipinski definition) is 2. The zero-order valence-electron chi connectivity index (χ0n) is 6.00. The van der Waals surface area contributed by atoms with Gasteiger partial charge in [-0.3, -0.25) is 0 Å². The summed E-state index contributed by atoms with van der Waals surface area (Å²) in [4.78, 5) is 0. The van der Waals surface area contributed by atoms with Gasteiger partial charge in [-0.1, -0.05) is 18.2 Å². The second-order valence-corrected chi connectivity index (χ2v) is 3.44. The lowest BCUT2D eigenvalue weighted by molar-refractivity contribution is 0.186. The molecule has 0 spiro atoms. The molecule has 0 heterocycles. The van der Waals surface area contributed by atoms with Crippen molar-refractivity contribution in [2.75, 3.05) is 6.54 Å². The molecule has 1 aromatic carbocycles. The highest BCUT2D eigenvalue weighted by molar-refractivity contribution is 14.1. The van der Waals surface area contributed by atoms with Gasteiger partial charge in [0.1, 0.15) is 0 Å². The van der Waals surface area contributed by atoms with E-state index >= 15 is 0 Å². The zero-order valence-corrected chi connectivity index (χ0v) is 8.15. The maximum absolute atomic E-state index is 9.38. The zero-order chi connectivity index (χ0) is 8.27. The van der Waals surface area contributed by atoms with Gasteiger partial charge in [-0.15, -0.1) is 0 Å². The molecule has 0 aliphatic heterocycles. The van der Waals surface area contributed by atoms with Crippen molar-refractivity contribution in [1.82, 2.24) is 0 Å². The number of nitrogens with two attached hydrogens (primary N) is 1. The van der Waals surface area contributed by atoms with E-state index in [1.165, 1.54) is 0 Å². The molecule has 60 valence electrons. The fraction of sp³-hybridized carbons (Fsp3) is 0.250. The van der Waals surface area contributed by atoms with Gasteiger partial charge in [0.25, 0.3) is 0 Å². The Bertz CT molecular complexity index is 239. The number of aliphatic hydroxyl groups is 1. The van der Waals surface area contributed by atoms with Crippen LogP contribution in [0, 0.1) is 3.57 Å². The minimum Gasteiger partial charge on any atom is -0.387 e. The van der Waals surface area contributed by atoms with E-state index in [9.17, 15) is 5.11 Å². The molecular formula is C8H10INO. The Morgan fingerprint density at radius 2 is 2.09 bits per heavy atom. The van der Waals surface area contributed by atoms with Crippen LogP contribution in [0.15, 0.2) is 24.3 Å². The quantitative estimate of drug-likeness (QED) is 0.789. The van der Waals surface area contributed by atoms with Gasteiger partial charge in [0, 0.05) is 10.1 Å². The van der Waals surface area contributed by atoms with Gasteiger partial charge < -0.3 is 10.8 Å². The van der Waals surface area contributed by atoms with Crippen molar-refractivity contribution in [3.8, 4) is 0 Å². The molecule has 0 saturated heterocycles. The third-order valence-corrected chi connectivity index (χ3v) is 2.47.